The summed E-state index contributed by atoms with van der Waals surface area (Å²) in [4.78, 5) is 11.9. The van der Waals surface area contributed by atoms with Crippen molar-refractivity contribution < 1.29 is 19.4 Å². The Labute approximate surface area is 106 Å². The van der Waals surface area contributed by atoms with Crippen molar-refractivity contribution in [3.05, 3.63) is 29.8 Å². The molecular weight excluding hydrogens is 234 g/mol. The summed E-state index contributed by atoms with van der Waals surface area (Å²) in [7, 11) is 1.62. The standard InChI is InChI=1S/C13H17NO4/c1-17-13(5-6-18-9-13)8-14-12(16)10-3-2-4-11(15)7-10/h2-4,7,15H,5-6,8-9H2,1H3,(H,14,16). The molecule has 5 heteroatoms. The predicted octanol–water partition coefficient (Wildman–Crippen LogP) is 0.927. The lowest BCUT2D eigenvalue weighted by molar-refractivity contribution is -0.0148. The van der Waals surface area contributed by atoms with Gasteiger partial charge < -0.3 is 19.9 Å². The molecule has 2 rings (SSSR count). The molecule has 0 spiro atoms. The molecule has 1 unspecified atom stereocenters. The molecule has 0 aromatic heterocycles. The molecule has 0 saturated carbocycles. The minimum Gasteiger partial charge on any atom is -0.508 e. The van der Waals surface area contributed by atoms with E-state index >= 15 is 0 Å². The molecule has 98 valence electrons. The van der Waals surface area contributed by atoms with Gasteiger partial charge in [0.05, 0.1) is 6.61 Å². The normalized spacial score (nSPS) is 22.9. The first-order chi connectivity index (χ1) is 8.65. The maximum Gasteiger partial charge on any atom is 0.251 e. The summed E-state index contributed by atoms with van der Waals surface area (Å²) in [5, 5.41) is 12.1. The Kier molecular flexibility index (Phi) is 3.84. The number of rotatable bonds is 4. The summed E-state index contributed by atoms with van der Waals surface area (Å²) in [6.45, 7) is 1.54. The molecule has 1 aliphatic heterocycles. The van der Waals surface area contributed by atoms with E-state index in [0.717, 1.165) is 6.42 Å². The van der Waals surface area contributed by atoms with Crippen molar-refractivity contribution in [3.63, 3.8) is 0 Å². The Morgan fingerprint density at radius 1 is 1.61 bits per heavy atom. The average Bonchev–Trinajstić information content (AvgIpc) is 2.85. The number of phenolic OH excluding ortho intramolecular Hbond substituents is 1. The van der Waals surface area contributed by atoms with Gasteiger partial charge in [-0.15, -0.1) is 0 Å². The third-order valence-corrected chi connectivity index (χ3v) is 3.18. The van der Waals surface area contributed by atoms with Crippen LogP contribution in [0.3, 0.4) is 0 Å². The third kappa shape index (κ3) is 2.80. The Hall–Kier alpha value is -1.59. The van der Waals surface area contributed by atoms with Crippen LogP contribution < -0.4 is 5.32 Å². The van der Waals surface area contributed by atoms with Crippen molar-refractivity contribution in [3.8, 4) is 5.75 Å². The molecule has 1 heterocycles. The highest BCUT2D eigenvalue weighted by Crippen LogP contribution is 2.21. The maximum absolute atomic E-state index is 11.9. The van der Waals surface area contributed by atoms with Gasteiger partial charge in [-0.25, -0.2) is 0 Å². The van der Waals surface area contributed by atoms with Crippen LogP contribution in [0.5, 0.6) is 5.75 Å². The van der Waals surface area contributed by atoms with Gasteiger partial charge in [-0.1, -0.05) is 6.07 Å². The summed E-state index contributed by atoms with van der Waals surface area (Å²) in [6, 6.07) is 6.24. The Morgan fingerprint density at radius 2 is 2.44 bits per heavy atom. The SMILES string of the molecule is COC1(CNC(=O)c2cccc(O)c2)CCOC1. The minimum absolute atomic E-state index is 0.0771. The zero-order valence-electron chi connectivity index (χ0n) is 10.3. The lowest BCUT2D eigenvalue weighted by Gasteiger charge is -2.25. The van der Waals surface area contributed by atoms with Crippen LogP contribution in [0.25, 0.3) is 0 Å². The zero-order valence-corrected chi connectivity index (χ0v) is 10.3. The summed E-state index contributed by atoms with van der Waals surface area (Å²) >= 11 is 0. The smallest absolute Gasteiger partial charge is 0.251 e. The van der Waals surface area contributed by atoms with Crippen molar-refractivity contribution in [2.24, 2.45) is 0 Å². The molecular formula is C13H17NO4. The molecule has 1 aromatic rings. The maximum atomic E-state index is 11.9. The van der Waals surface area contributed by atoms with Crippen LogP contribution in [0.15, 0.2) is 24.3 Å². The largest absolute Gasteiger partial charge is 0.508 e. The molecule has 1 amide bonds. The number of aromatic hydroxyl groups is 1. The van der Waals surface area contributed by atoms with Crippen LogP contribution in [-0.2, 0) is 9.47 Å². The fourth-order valence-electron chi connectivity index (χ4n) is 1.95. The molecule has 1 saturated heterocycles. The molecule has 0 aliphatic carbocycles. The van der Waals surface area contributed by atoms with Gasteiger partial charge in [0, 0.05) is 32.2 Å². The second kappa shape index (κ2) is 5.37. The van der Waals surface area contributed by atoms with Crippen molar-refractivity contribution >= 4 is 5.91 Å². The Bertz CT molecular complexity index is 427. The summed E-state index contributed by atoms with van der Waals surface area (Å²) in [5.74, 6) is -0.150. The first kappa shape index (κ1) is 12.9. The Balaban J connectivity index is 1.96. The fraction of sp³-hybridized carbons (Fsp3) is 0.462. The first-order valence-electron chi connectivity index (χ1n) is 5.85. The number of hydrogen-bond donors (Lipinski definition) is 2. The van der Waals surface area contributed by atoms with E-state index in [2.05, 4.69) is 5.32 Å². The Morgan fingerprint density at radius 3 is 3.06 bits per heavy atom. The van der Waals surface area contributed by atoms with Gasteiger partial charge in [-0.2, -0.15) is 0 Å². The van der Waals surface area contributed by atoms with Crippen molar-refractivity contribution in [1.82, 2.24) is 5.32 Å². The van der Waals surface area contributed by atoms with E-state index in [9.17, 15) is 9.90 Å². The van der Waals surface area contributed by atoms with Crippen LogP contribution >= 0.6 is 0 Å². The lowest BCUT2D eigenvalue weighted by Crippen LogP contribution is -2.45. The van der Waals surface area contributed by atoms with Crippen LogP contribution in [0.2, 0.25) is 0 Å². The second-order valence-electron chi connectivity index (χ2n) is 4.42. The van der Waals surface area contributed by atoms with E-state index in [1.165, 1.54) is 12.1 Å². The number of hydrogen-bond acceptors (Lipinski definition) is 4. The molecule has 1 aromatic carbocycles. The van der Waals surface area contributed by atoms with Crippen LogP contribution in [0.4, 0.5) is 0 Å². The average molecular weight is 251 g/mol. The van der Waals surface area contributed by atoms with Gasteiger partial charge in [0.15, 0.2) is 0 Å². The molecule has 0 bridgehead atoms. The lowest BCUT2D eigenvalue weighted by atomic mass is 10.0. The molecule has 1 aliphatic rings. The highest BCUT2D eigenvalue weighted by atomic mass is 16.5. The topological polar surface area (TPSA) is 67.8 Å². The molecule has 18 heavy (non-hydrogen) atoms. The second-order valence-corrected chi connectivity index (χ2v) is 4.42. The number of amides is 1. The summed E-state index contributed by atoms with van der Waals surface area (Å²) < 4.78 is 10.7. The van der Waals surface area contributed by atoms with Gasteiger partial charge in [0.1, 0.15) is 11.4 Å². The number of benzene rings is 1. The van der Waals surface area contributed by atoms with E-state index in [1.54, 1.807) is 19.2 Å². The fourth-order valence-corrected chi connectivity index (χ4v) is 1.95. The van der Waals surface area contributed by atoms with Crippen LogP contribution in [0.1, 0.15) is 16.8 Å². The van der Waals surface area contributed by atoms with E-state index in [-0.39, 0.29) is 11.7 Å². The van der Waals surface area contributed by atoms with Gasteiger partial charge in [0.2, 0.25) is 0 Å². The minimum atomic E-state index is -0.424. The third-order valence-electron chi connectivity index (χ3n) is 3.18. The van der Waals surface area contributed by atoms with E-state index in [4.69, 9.17) is 9.47 Å². The van der Waals surface area contributed by atoms with Gasteiger partial charge >= 0.3 is 0 Å². The van der Waals surface area contributed by atoms with Gasteiger partial charge in [-0.05, 0) is 18.2 Å². The van der Waals surface area contributed by atoms with E-state index in [0.29, 0.717) is 25.3 Å². The molecule has 1 fully saturated rings. The zero-order chi connectivity index (χ0) is 13.0. The van der Waals surface area contributed by atoms with Gasteiger partial charge in [-0.3, -0.25) is 4.79 Å². The number of nitrogens with one attached hydrogen (secondary N) is 1. The number of carbonyl (C=O) groups is 1. The van der Waals surface area contributed by atoms with Gasteiger partial charge in [0.25, 0.3) is 5.91 Å². The number of methoxy groups -OCH3 is 1. The monoisotopic (exact) mass is 251 g/mol. The quantitative estimate of drug-likeness (QED) is 0.835. The summed E-state index contributed by atoms with van der Waals surface area (Å²) in [5.41, 5.74) is 0.00659. The molecule has 0 radical (unpaired) electrons. The van der Waals surface area contributed by atoms with Crippen molar-refractivity contribution in [2.45, 2.75) is 12.0 Å². The number of carbonyl (C=O) groups excluding carboxylic acids is 1. The summed E-state index contributed by atoms with van der Waals surface area (Å²) in [6.07, 6.45) is 0.768. The van der Waals surface area contributed by atoms with Crippen molar-refractivity contribution in [1.29, 1.82) is 0 Å². The van der Waals surface area contributed by atoms with E-state index < -0.39 is 5.60 Å². The van der Waals surface area contributed by atoms with Crippen LogP contribution in [0, 0.1) is 0 Å². The number of ether oxygens (including phenoxy) is 2. The molecule has 5 nitrogen and oxygen atoms in total. The van der Waals surface area contributed by atoms with E-state index in [1.807, 2.05) is 0 Å². The highest BCUT2D eigenvalue weighted by molar-refractivity contribution is 5.94. The highest BCUT2D eigenvalue weighted by Gasteiger charge is 2.35. The van der Waals surface area contributed by atoms with Crippen LogP contribution in [-0.4, -0.2) is 43.5 Å². The first-order valence-corrected chi connectivity index (χ1v) is 5.85. The molecule has 1 atom stereocenters. The predicted molar refractivity (Wildman–Crippen MR) is 65.6 cm³/mol. The molecule has 2 N–H and O–H groups in total. The number of phenols is 1. The van der Waals surface area contributed by atoms with Crippen molar-refractivity contribution in [2.75, 3.05) is 26.9 Å².